The van der Waals surface area contributed by atoms with Crippen LogP contribution >= 0.6 is 0 Å². The SMILES string of the molecule is CC(C)C1CCCN(C(=O)c2ccc(F)cc2)CC1. The minimum atomic E-state index is -0.299. The molecule has 1 aliphatic heterocycles. The number of hydrogen-bond donors (Lipinski definition) is 0. The number of amides is 1. The average molecular weight is 263 g/mol. The Labute approximate surface area is 114 Å². The van der Waals surface area contributed by atoms with Crippen molar-refractivity contribution in [1.82, 2.24) is 4.90 Å². The van der Waals surface area contributed by atoms with Crippen molar-refractivity contribution in [3.8, 4) is 0 Å². The van der Waals surface area contributed by atoms with Crippen molar-refractivity contribution in [2.75, 3.05) is 13.1 Å². The van der Waals surface area contributed by atoms with Crippen molar-refractivity contribution in [2.24, 2.45) is 11.8 Å². The fourth-order valence-electron chi connectivity index (χ4n) is 2.77. The summed E-state index contributed by atoms with van der Waals surface area (Å²) in [5.41, 5.74) is 0.587. The Hall–Kier alpha value is -1.38. The van der Waals surface area contributed by atoms with Crippen LogP contribution in [-0.4, -0.2) is 23.9 Å². The van der Waals surface area contributed by atoms with E-state index in [4.69, 9.17) is 0 Å². The lowest BCUT2D eigenvalue weighted by Crippen LogP contribution is -2.32. The van der Waals surface area contributed by atoms with Gasteiger partial charge in [-0.05, 0) is 55.4 Å². The molecule has 1 aliphatic rings. The van der Waals surface area contributed by atoms with Gasteiger partial charge >= 0.3 is 0 Å². The number of benzene rings is 1. The van der Waals surface area contributed by atoms with E-state index in [1.807, 2.05) is 4.90 Å². The molecule has 1 unspecified atom stereocenters. The van der Waals surface area contributed by atoms with E-state index in [-0.39, 0.29) is 11.7 Å². The van der Waals surface area contributed by atoms with Gasteiger partial charge in [-0.3, -0.25) is 4.79 Å². The van der Waals surface area contributed by atoms with Crippen LogP contribution in [0.2, 0.25) is 0 Å². The van der Waals surface area contributed by atoms with E-state index in [0.29, 0.717) is 17.4 Å². The first-order chi connectivity index (χ1) is 9.08. The topological polar surface area (TPSA) is 20.3 Å². The number of carbonyl (C=O) groups excluding carboxylic acids is 1. The molecule has 1 aromatic carbocycles. The number of likely N-dealkylation sites (tertiary alicyclic amines) is 1. The van der Waals surface area contributed by atoms with E-state index >= 15 is 0 Å². The van der Waals surface area contributed by atoms with Crippen LogP contribution in [0.4, 0.5) is 4.39 Å². The molecule has 1 atom stereocenters. The van der Waals surface area contributed by atoms with Crippen molar-refractivity contribution in [3.63, 3.8) is 0 Å². The van der Waals surface area contributed by atoms with Crippen molar-refractivity contribution >= 4 is 5.91 Å². The molecular weight excluding hydrogens is 241 g/mol. The molecule has 0 spiro atoms. The molecule has 0 aromatic heterocycles. The number of nitrogens with zero attached hydrogens (tertiary/aromatic N) is 1. The van der Waals surface area contributed by atoms with Gasteiger partial charge < -0.3 is 4.90 Å². The molecule has 19 heavy (non-hydrogen) atoms. The van der Waals surface area contributed by atoms with Crippen molar-refractivity contribution in [2.45, 2.75) is 33.1 Å². The predicted octanol–water partition coefficient (Wildman–Crippen LogP) is 3.72. The highest BCUT2D eigenvalue weighted by Crippen LogP contribution is 2.25. The second-order valence-corrected chi connectivity index (χ2v) is 5.73. The van der Waals surface area contributed by atoms with Crippen molar-refractivity contribution in [3.05, 3.63) is 35.6 Å². The molecule has 0 radical (unpaired) electrons. The molecule has 0 saturated carbocycles. The zero-order chi connectivity index (χ0) is 13.8. The molecule has 2 rings (SSSR count). The Morgan fingerprint density at radius 2 is 1.89 bits per heavy atom. The van der Waals surface area contributed by atoms with Gasteiger partial charge in [0.15, 0.2) is 0 Å². The quantitative estimate of drug-likeness (QED) is 0.796. The number of rotatable bonds is 2. The maximum Gasteiger partial charge on any atom is 0.253 e. The van der Waals surface area contributed by atoms with E-state index in [2.05, 4.69) is 13.8 Å². The first kappa shape index (κ1) is 14.0. The van der Waals surface area contributed by atoms with Gasteiger partial charge in [-0.15, -0.1) is 0 Å². The first-order valence-electron chi connectivity index (χ1n) is 7.13. The molecule has 1 fully saturated rings. The molecule has 0 bridgehead atoms. The van der Waals surface area contributed by atoms with Gasteiger partial charge in [0, 0.05) is 18.7 Å². The molecule has 0 aliphatic carbocycles. The van der Waals surface area contributed by atoms with Crippen molar-refractivity contribution in [1.29, 1.82) is 0 Å². The van der Waals surface area contributed by atoms with Crippen molar-refractivity contribution < 1.29 is 9.18 Å². The molecule has 1 saturated heterocycles. The molecule has 0 N–H and O–H groups in total. The van der Waals surface area contributed by atoms with E-state index < -0.39 is 0 Å². The standard InChI is InChI=1S/C16H22FNO/c1-12(2)13-4-3-10-18(11-9-13)16(19)14-5-7-15(17)8-6-14/h5-8,12-13H,3-4,9-11H2,1-2H3. The monoisotopic (exact) mass is 263 g/mol. The average Bonchev–Trinajstić information content (AvgIpc) is 2.64. The van der Waals surface area contributed by atoms with Gasteiger partial charge in [0.05, 0.1) is 0 Å². The Bertz CT molecular complexity index is 427. The first-order valence-corrected chi connectivity index (χ1v) is 7.13. The summed E-state index contributed by atoms with van der Waals surface area (Å²) in [5.74, 6) is 1.13. The van der Waals surface area contributed by atoms with E-state index in [1.165, 1.54) is 18.6 Å². The summed E-state index contributed by atoms with van der Waals surface area (Å²) in [6, 6.07) is 5.84. The van der Waals surface area contributed by atoms with Gasteiger partial charge in [0.1, 0.15) is 5.82 Å². The third kappa shape index (κ3) is 3.55. The maximum absolute atomic E-state index is 12.9. The van der Waals surface area contributed by atoms with E-state index in [0.717, 1.165) is 25.9 Å². The van der Waals surface area contributed by atoms with Crippen LogP contribution in [0.15, 0.2) is 24.3 Å². The molecule has 104 valence electrons. The summed E-state index contributed by atoms with van der Waals surface area (Å²) < 4.78 is 12.9. The molecular formula is C16H22FNO. The normalized spacial score (nSPS) is 20.4. The Morgan fingerprint density at radius 1 is 1.21 bits per heavy atom. The van der Waals surface area contributed by atoms with Crippen LogP contribution in [0.5, 0.6) is 0 Å². The molecule has 1 heterocycles. The van der Waals surface area contributed by atoms with Crippen LogP contribution < -0.4 is 0 Å². The van der Waals surface area contributed by atoms with Gasteiger partial charge in [-0.2, -0.15) is 0 Å². The summed E-state index contributed by atoms with van der Waals surface area (Å²) in [4.78, 5) is 14.3. The summed E-state index contributed by atoms with van der Waals surface area (Å²) in [6.45, 7) is 6.14. The largest absolute Gasteiger partial charge is 0.339 e. The molecule has 1 amide bonds. The Balaban J connectivity index is 2.02. The number of carbonyl (C=O) groups is 1. The summed E-state index contributed by atoms with van der Waals surface area (Å²) in [7, 11) is 0. The minimum absolute atomic E-state index is 0.0319. The fraction of sp³-hybridized carbons (Fsp3) is 0.562. The lowest BCUT2D eigenvalue weighted by atomic mass is 9.89. The summed E-state index contributed by atoms with van der Waals surface area (Å²) >= 11 is 0. The third-order valence-electron chi connectivity index (χ3n) is 4.09. The highest BCUT2D eigenvalue weighted by molar-refractivity contribution is 5.94. The highest BCUT2D eigenvalue weighted by Gasteiger charge is 2.22. The van der Waals surface area contributed by atoms with Gasteiger partial charge in [0.25, 0.3) is 5.91 Å². The zero-order valence-electron chi connectivity index (χ0n) is 11.7. The van der Waals surface area contributed by atoms with Crippen LogP contribution in [0.25, 0.3) is 0 Å². The van der Waals surface area contributed by atoms with Crippen LogP contribution in [0.3, 0.4) is 0 Å². The Morgan fingerprint density at radius 3 is 2.53 bits per heavy atom. The smallest absolute Gasteiger partial charge is 0.253 e. The highest BCUT2D eigenvalue weighted by atomic mass is 19.1. The van der Waals surface area contributed by atoms with E-state index in [9.17, 15) is 9.18 Å². The molecule has 3 heteroatoms. The lowest BCUT2D eigenvalue weighted by molar-refractivity contribution is 0.0759. The molecule has 2 nitrogen and oxygen atoms in total. The molecule has 1 aromatic rings. The van der Waals surface area contributed by atoms with Crippen LogP contribution in [0.1, 0.15) is 43.5 Å². The van der Waals surface area contributed by atoms with Gasteiger partial charge in [-0.25, -0.2) is 4.39 Å². The summed E-state index contributed by atoms with van der Waals surface area (Å²) in [5, 5.41) is 0. The van der Waals surface area contributed by atoms with Crippen LogP contribution in [-0.2, 0) is 0 Å². The predicted molar refractivity (Wildman–Crippen MR) is 74.5 cm³/mol. The maximum atomic E-state index is 12.9. The van der Waals surface area contributed by atoms with Gasteiger partial charge in [0.2, 0.25) is 0 Å². The third-order valence-corrected chi connectivity index (χ3v) is 4.09. The second-order valence-electron chi connectivity index (χ2n) is 5.73. The summed E-state index contributed by atoms with van der Waals surface area (Å²) in [6.07, 6.45) is 3.34. The second kappa shape index (κ2) is 6.18. The minimum Gasteiger partial charge on any atom is -0.339 e. The Kier molecular flexibility index (Phi) is 4.56. The fourth-order valence-corrected chi connectivity index (χ4v) is 2.77. The lowest BCUT2D eigenvalue weighted by Gasteiger charge is -2.21. The number of halogens is 1. The van der Waals surface area contributed by atoms with E-state index in [1.54, 1.807) is 12.1 Å². The van der Waals surface area contributed by atoms with Crippen LogP contribution in [0, 0.1) is 17.7 Å². The van der Waals surface area contributed by atoms with Gasteiger partial charge in [-0.1, -0.05) is 13.8 Å². The number of hydrogen-bond acceptors (Lipinski definition) is 1. The zero-order valence-corrected chi connectivity index (χ0v) is 11.7.